The number of carboxylic acid groups (broad SMARTS) is 1. The molecule has 2 atom stereocenters. The summed E-state index contributed by atoms with van der Waals surface area (Å²) in [6.07, 6.45) is 8.21. The number of halogens is 3. The topological polar surface area (TPSA) is 175 Å². The number of anilines is 1. The van der Waals surface area contributed by atoms with E-state index < -0.39 is 34.8 Å². The van der Waals surface area contributed by atoms with Crippen LogP contribution in [0.1, 0.15) is 42.5 Å². The largest absolute Gasteiger partial charge is 0.477 e. The van der Waals surface area contributed by atoms with Crippen LogP contribution in [0.4, 0.5) is 9.52 Å². The minimum Gasteiger partial charge on any atom is -0.477 e. The Hall–Kier alpha value is -4.45. The summed E-state index contributed by atoms with van der Waals surface area (Å²) in [7, 11) is 1.26. The third kappa shape index (κ3) is 6.54. The Morgan fingerprint density at radius 3 is 2.67 bits per heavy atom. The van der Waals surface area contributed by atoms with E-state index in [0.717, 1.165) is 43.7 Å². The summed E-state index contributed by atoms with van der Waals surface area (Å²) in [5, 5.41) is 22.4. The van der Waals surface area contributed by atoms with E-state index >= 15 is 4.39 Å². The number of ketones is 1. The highest BCUT2D eigenvalue weighted by molar-refractivity contribution is 8.00. The van der Waals surface area contributed by atoms with E-state index in [2.05, 4.69) is 10.1 Å². The van der Waals surface area contributed by atoms with Crippen molar-refractivity contribution in [3.63, 3.8) is 0 Å². The monoisotopic (exact) mass is 788 g/mol. The lowest BCUT2D eigenvalue weighted by Crippen LogP contribution is -2.62. The number of fused-ring (bicyclic) bond motifs is 2. The van der Waals surface area contributed by atoms with Gasteiger partial charge in [-0.1, -0.05) is 39.7 Å². The predicted octanol–water partition coefficient (Wildman–Crippen LogP) is 4.25. The smallest absolute Gasteiger partial charge is 0.352 e. The molecule has 14 nitrogen and oxygen atoms in total. The number of oxime groups is 1. The number of nitrogens with two attached hydrogens (primary N) is 1. The zero-order chi connectivity index (χ0) is 36.8. The van der Waals surface area contributed by atoms with Gasteiger partial charge >= 0.3 is 11.6 Å². The number of thioether (sulfide) groups is 1. The Balaban J connectivity index is 1.07. The van der Waals surface area contributed by atoms with E-state index in [9.17, 15) is 19.5 Å². The number of likely N-dealkylation sites (tertiary alicyclic amines) is 1. The van der Waals surface area contributed by atoms with Crippen LogP contribution in [0.5, 0.6) is 0 Å². The number of aliphatic carboxylic acids is 1. The number of amides is 1. The van der Waals surface area contributed by atoms with Crippen molar-refractivity contribution >= 4 is 86.3 Å². The van der Waals surface area contributed by atoms with Crippen molar-refractivity contribution in [1.29, 1.82) is 5.41 Å². The van der Waals surface area contributed by atoms with Crippen LogP contribution in [0.25, 0.3) is 5.65 Å². The molecule has 7 rings (SSSR count). The molecular weight excluding hydrogens is 756 g/mol. The summed E-state index contributed by atoms with van der Waals surface area (Å²) >= 11 is 15.1. The predicted molar refractivity (Wildman–Crippen MR) is 194 cm³/mol. The SMILES string of the molecule is CO/N=C(\C(=O)C[C@@H]1C(=O)N2C(C(=O)O)=C(Cn3ccc4n3cc[n+]4Cc3c(F)cc(C(=N)N4CCCCC4)cc3Cl)CS[C@H]12)c1nc(N)sc1Cl. The first-order chi connectivity index (χ1) is 25.0. The number of hydrogen-bond acceptors (Lipinski definition) is 10. The number of nitrogen functional groups attached to an aromatic ring is 1. The van der Waals surface area contributed by atoms with Gasteiger partial charge in [-0.3, -0.25) is 19.9 Å². The Labute approximate surface area is 314 Å². The molecule has 0 bridgehead atoms. The van der Waals surface area contributed by atoms with E-state index in [-0.39, 0.29) is 62.5 Å². The molecule has 1 amide bonds. The fraction of sp³-hybridized carbons (Fsp3) is 0.364. The number of β-lactam (4-membered cyclic amide) rings is 1. The number of carbonyl (C=O) groups excluding carboxylic acids is 2. The number of rotatable bonds is 11. The number of hydrogen-bond donors (Lipinski definition) is 3. The lowest BCUT2D eigenvalue weighted by Gasteiger charge is -2.49. The normalized spacial score (nSPS) is 19.2. The highest BCUT2D eigenvalue weighted by Crippen LogP contribution is 2.45. The second kappa shape index (κ2) is 14.5. The maximum atomic E-state index is 15.5. The number of imidazole rings is 1. The van der Waals surface area contributed by atoms with Gasteiger partial charge in [0.1, 0.15) is 47.2 Å². The number of benzene rings is 1. The standard InChI is InChI=1S/C33H32Cl2FN9O5S2/c1-50-40-25(26-28(35)52-33(38)39-26)23(46)13-19-30(47)45-27(32(48)49)18(16-51-31(19)45)14-43-8-5-24-42(9-10-44(24)43)15-20-21(34)11-17(12-22(20)36)29(37)41-6-3-2-4-7-41/h5,8-12,19,31,37H,2-4,6-7,13-16H2,1H3,(H2-,38,39,48,49)/p+1/b37-29?,40-25+/t19-,31-/m1/s1. The van der Waals surface area contributed by atoms with Crippen molar-refractivity contribution in [3.05, 3.63) is 80.1 Å². The number of thiazole rings is 1. The molecule has 272 valence electrons. The molecular formula is C33H33Cl2FN9O5S2+. The van der Waals surface area contributed by atoms with Crippen LogP contribution in [0.2, 0.25) is 9.36 Å². The molecule has 2 fully saturated rings. The number of aromatic nitrogens is 4. The zero-order valence-corrected chi connectivity index (χ0v) is 30.9. The highest BCUT2D eigenvalue weighted by atomic mass is 35.5. The van der Waals surface area contributed by atoms with Gasteiger partial charge in [0.25, 0.3) is 0 Å². The molecule has 4 N–H and O–H groups in total. The van der Waals surface area contributed by atoms with Crippen LogP contribution >= 0.6 is 46.3 Å². The van der Waals surface area contributed by atoms with Crippen LogP contribution < -0.4 is 10.3 Å². The van der Waals surface area contributed by atoms with Gasteiger partial charge in [0.15, 0.2) is 22.8 Å². The number of carboxylic acids is 1. The van der Waals surface area contributed by atoms with Crippen molar-refractivity contribution in [2.75, 3.05) is 31.7 Å². The fourth-order valence-corrected chi connectivity index (χ4v) is 9.48. The molecule has 0 unspecified atom stereocenters. The molecule has 52 heavy (non-hydrogen) atoms. The summed E-state index contributed by atoms with van der Waals surface area (Å²) in [6.45, 7) is 1.82. The van der Waals surface area contributed by atoms with Gasteiger partial charge in [-0.05, 0) is 37.0 Å². The second-order valence-electron chi connectivity index (χ2n) is 12.6. The van der Waals surface area contributed by atoms with Crippen molar-refractivity contribution in [1.82, 2.24) is 24.0 Å². The number of carbonyl (C=O) groups is 3. The zero-order valence-electron chi connectivity index (χ0n) is 27.7. The Morgan fingerprint density at radius 1 is 1.23 bits per heavy atom. The van der Waals surface area contributed by atoms with Gasteiger partial charge in [-0.25, -0.2) is 23.4 Å². The molecule has 3 aliphatic heterocycles. The first-order valence-corrected chi connectivity index (χ1v) is 18.9. The van der Waals surface area contributed by atoms with Crippen LogP contribution in [0.15, 0.2) is 53.2 Å². The molecule has 0 radical (unpaired) electrons. The molecule has 0 saturated carbocycles. The van der Waals surface area contributed by atoms with Gasteiger partial charge < -0.3 is 20.6 Å². The quantitative estimate of drug-likeness (QED) is 0.0660. The number of Topliss-reactive ketones (excluding diaryl/α,β-unsaturated/α-hetero) is 1. The van der Waals surface area contributed by atoms with Gasteiger partial charge in [-0.2, -0.15) is 0 Å². The van der Waals surface area contributed by atoms with Gasteiger partial charge in [0.05, 0.1) is 35.1 Å². The number of nitrogens with one attached hydrogen (secondary N) is 1. The molecule has 1 aromatic carbocycles. The molecule has 2 saturated heterocycles. The van der Waals surface area contributed by atoms with Crippen molar-refractivity contribution in [3.8, 4) is 0 Å². The van der Waals surface area contributed by atoms with Crippen LogP contribution in [0, 0.1) is 17.1 Å². The summed E-state index contributed by atoms with van der Waals surface area (Å²) < 4.78 is 21.1. The fourth-order valence-electron chi connectivity index (χ4n) is 6.88. The van der Waals surface area contributed by atoms with E-state index in [1.54, 1.807) is 29.3 Å². The second-order valence-corrected chi connectivity index (χ2v) is 15.7. The van der Waals surface area contributed by atoms with Crippen molar-refractivity contribution < 1.29 is 33.3 Å². The van der Waals surface area contributed by atoms with E-state index in [0.29, 0.717) is 22.5 Å². The van der Waals surface area contributed by atoms with E-state index in [4.69, 9.17) is 39.2 Å². The summed E-state index contributed by atoms with van der Waals surface area (Å²) in [5.74, 6) is -3.00. The lowest BCUT2D eigenvalue weighted by molar-refractivity contribution is -0.662. The minimum absolute atomic E-state index is 0.0597. The molecule has 19 heteroatoms. The van der Waals surface area contributed by atoms with Crippen LogP contribution in [0.3, 0.4) is 0 Å². The maximum Gasteiger partial charge on any atom is 0.352 e. The summed E-state index contributed by atoms with van der Waals surface area (Å²) in [6, 6.07) is 4.83. The highest BCUT2D eigenvalue weighted by Gasteiger charge is 2.54. The number of piperidine rings is 1. The third-order valence-electron chi connectivity index (χ3n) is 9.40. The first-order valence-electron chi connectivity index (χ1n) is 16.3. The number of nitrogens with zero attached hydrogens (tertiary/aromatic N) is 7. The molecule has 0 spiro atoms. The average Bonchev–Trinajstić information content (AvgIpc) is 3.82. The van der Waals surface area contributed by atoms with Gasteiger partial charge in [-0.15, -0.1) is 16.3 Å². The van der Waals surface area contributed by atoms with Crippen molar-refractivity contribution in [2.24, 2.45) is 11.1 Å². The molecule has 3 aromatic heterocycles. The van der Waals surface area contributed by atoms with Crippen LogP contribution in [-0.4, -0.2) is 89.6 Å². The van der Waals surface area contributed by atoms with Crippen molar-refractivity contribution in [2.45, 2.75) is 44.1 Å². The Morgan fingerprint density at radius 2 is 2.00 bits per heavy atom. The molecule has 0 aliphatic carbocycles. The molecule has 3 aliphatic rings. The Kier molecular flexibility index (Phi) is 10.0. The lowest BCUT2D eigenvalue weighted by atomic mass is 9.89. The molecule has 4 aromatic rings. The Bertz CT molecular complexity index is 2170. The van der Waals surface area contributed by atoms with Gasteiger partial charge in [0, 0.05) is 36.4 Å². The molecule has 6 heterocycles. The van der Waals surface area contributed by atoms with Crippen LogP contribution in [-0.2, 0) is 32.3 Å². The average molecular weight is 790 g/mol. The first kappa shape index (κ1) is 35.9. The third-order valence-corrected chi connectivity index (χ3v) is 12.2. The number of amidine groups is 1. The van der Waals surface area contributed by atoms with E-state index in [1.165, 1.54) is 29.8 Å². The maximum absolute atomic E-state index is 15.5. The minimum atomic E-state index is -1.25. The van der Waals surface area contributed by atoms with Gasteiger partial charge in [0.2, 0.25) is 5.91 Å². The summed E-state index contributed by atoms with van der Waals surface area (Å²) in [4.78, 5) is 51.4. The van der Waals surface area contributed by atoms with E-state index in [1.807, 2.05) is 20.0 Å². The summed E-state index contributed by atoms with van der Waals surface area (Å²) in [5.41, 5.74) is 7.45.